The molecule has 0 unspecified atom stereocenters. The number of nitrogens with zero attached hydrogens (tertiary/aromatic N) is 2. The zero-order valence-corrected chi connectivity index (χ0v) is 36.4. The van der Waals surface area contributed by atoms with Crippen molar-refractivity contribution in [3.8, 4) is 11.3 Å². The van der Waals surface area contributed by atoms with Crippen molar-refractivity contribution in [1.82, 2.24) is 10.3 Å². The highest BCUT2D eigenvalue weighted by Crippen LogP contribution is 2.33. The number of aromatic nitrogens is 1. The fourth-order valence-electron chi connectivity index (χ4n) is 6.41. The quantitative estimate of drug-likeness (QED) is 0.0457. The molecule has 0 aliphatic heterocycles. The third-order valence-electron chi connectivity index (χ3n) is 9.88. The molecule has 5 aromatic rings. The summed E-state index contributed by atoms with van der Waals surface area (Å²) in [5.41, 5.74) is 4.61. The van der Waals surface area contributed by atoms with Gasteiger partial charge in [0, 0.05) is 54.8 Å². The number of nitrogens with one attached hydrogen (secondary N) is 2. The van der Waals surface area contributed by atoms with Gasteiger partial charge in [0.1, 0.15) is 0 Å². The topological polar surface area (TPSA) is 145 Å². The Hall–Kier alpha value is -5.65. The predicted molar refractivity (Wildman–Crippen MR) is 235 cm³/mol. The van der Waals surface area contributed by atoms with Crippen molar-refractivity contribution in [2.45, 2.75) is 51.2 Å². The van der Waals surface area contributed by atoms with Crippen LogP contribution in [0.5, 0.6) is 0 Å². The van der Waals surface area contributed by atoms with Gasteiger partial charge >= 0.3 is 6.18 Å². The molecule has 1 heterocycles. The highest BCUT2D eigenvalue weighted by Gasteiger charge is 2.30. The van der Waals surface area contributed by atoms with E-state index in [0.29, 0.717) is 54.5 Å². The minimum atomic E-state index is -4.50. The van der Waals surface area contributed by atoms with Crippen molar-refractivity contribution in [2.24, 2.45) is 0 Å². The standard InChI is InChI=1S/C47H53F3N4O8S/c1-4-54(5-2)40-17-20-43(42(32-40)44-31-38(21-22-51-44)45(55)52-33-36-8-6-10-39(30-36)47(48,49)50)53-46(56)37-15-13-35(14-16-37)9-7-23-59-24-25-60-26-27-61-28-29-62-63(57,58)41-18-11-34(3)12-19-41/h6,8,10-22,30-32H,4-5,7,9,23-29,33H2,1-3H3,(H,52,55)(H,53,56). The number of amides is 2. The van der Waals surface area contributed by atoms with E-state index in [9.17, 15) is 31.2 Å². The van der Waals surface area contributed by atoms with E-state index in [1.54, 1.807) is 36.4 Å². The van der Waals surface area contributed by atoms with Crippen LogP contribution in [0, 0.1) is 6.92 Å². The van der Waals surface area contributed by atoms with Crippen LogP contribution in [0.3, 0.4) is 0 Å². The lowest BCUT2D eigenvalue weighted by Gasteiger charge is -2.23. The van der Waals surface area contributed by atoms with Gasteiger partial charge in [0.2, 0.25) is 0 Å². The maximum Gasteiger partial charge on any atom is 0.416 e. The van der Waals surface area contributed by atoms with Crippen LogP contribution in [0.2, 0.25) is 0 Å². The van der Waals surface area contributed by atoms with Crippen molar-refractivity contribution in [3.63, 3.8) is 0 Å². The minimum absolute atomic E-state index is 0.0939. The lowest BCUT2D eigenvalue weighted by atomic mass is 10.0. The number of anilines is 2. The molecule has 63 heavy (non-hydrogen) atoms. The molecule has 0 saturated heterocycles. The number of hydrogen-bond acceptors (Lipinski definition) is 10. The van der Waals surface area contributed by atoms with Gasteiger partial charge in [-0.15, -0.1) is 0 Å². The molecule has 12 nitrogen and oxygen atoms in total. The molecular weight excluding hydrogens is 838 g/mol. The van der Waals surface area contributed by atoms with Gasteiger partial charge in [0.05, 0.1) is 61.5 Å². The summed E-state index contributed by atoms with van der Waals surface area (Å²) in [6.07, 6.45) is -1.51. The number of benzene rings is 4. The van der Waals surface area contributed by atoms with Gasteiger partial charge in [-0.3, -0.25) is 18.8 Å². The molecule has 0 radical (unpaired) electrons. The van der Waals surface area contributed by atoms with Crippen molar-refractivity contribution < 1.29 is 49.6 Å². The zero-order chi connectivity index (χ0) is 45.2. The molecule has 5 rings (SSSR count). The highest BCUT2D eigenvalue weighted by atomic mass is 32.2. The molecule has 4 aromatic carbocycles. The Bertz CT molecular complexity index is 2360. The highest BCUT2D eigenvalue weighted by molar-refractivity contribution is 7.86. The van der Waals surface area contributed by atoms with Crippen molar-refractivity contribution >= 4 is 33.3 Å². The molecule has 2 N–H and O–H groups in total. The lowest BCUT2D eigenvalue weighted by molar-refractivity contribution is -0.137. The van der Waals surface area contributed by atoms with E-state index >= 15 is 0 Å². The number of pyridine rings is 1. The largest absolute Gasteiger partial charge is 0.416 e. The molecule has 0 atom stereocenters. The second-order valence-electron chi connectivity index (χ2n) is 14.4. The Morgan fingerprint density at radius 3 is 2.05 bits per heavy atom. The van der Waals surface area contributed by atoms with Gasteiger partial charge in [-0.25, -0.2) is 0 Å². The second-order valence-corrected chi connectivity index (χ2v) is 16.0. The van der Waals surface area contributed by atoms with E-state index in [-0.39, 0.29) is 42.7 Å². The fourth-order valence-corrected chi connectivity index (χ4v) is 7.31. The monoisotopic (exact) mass is 890 g/mol. The molecule has 0 fully saturated rings. The first-order chi connectivity index (χ1) is 30.3. The average Bonchev–Trinajstić information content (AvgIpc) is 3.28. The SMILES string of the molecule is CCN(CC)c1ccc(NC(=O)c2ccc(CCCOCCOCCOCCOS(=O)(=O)c3ccc(C)cc3)cc2)c(-c2cc(C(=O)NCc3cccc(C(F)(F)F)c3)ccn2)c1. The van der Waals surface area contributed by atoms with Crippen LogP contribution in [0.4, 0.5) is 24.5 Å². The summed E-state index contributed by atoms with van der Waals surface area (Å²) in [5, 5.41) is 5.70. The van der Waals surface area contributed by atoms with Crippen LogP contribution < -0.4 is 15.5 Å². The van der Waals surface area contributed by atoms with Crippen LogP contribution >= 0.6 is 0 Å². The second kappa shape index (κ2) is 23.7. The Balaban J connectivity index is 1.06. The maximum absolute atomic E-state index is 13.5. The Morgan fingerprint density at radius 2 is 1.38 bits per heavy atom. The average molecular weight is 891 g/mol. The summed E-state index contributed by atoms with van der Waals surface area (Å²) in [6.45, 7) is 9.27. The van der Waals surface area contributed by atoms with Gasteiger partial charge in [-0.2, -0.15) is 21.6 Å². The summed E-state index contributed by atoms with van der Waals surface area (Å²) in [6, 6.07) is 27.3. The molecule has 0 saturated carbocycles. The molecule has 2 amide bonds. The van der Waals surface area contributed by atoms with E-state index < -0.39 is 27.8 Å². The summed E-state index contributed by atoms with van der Waals surface area (Å²) in [4.78, 5) is 33.5. The van der Waals surface area contributed by atoms with Crippen LogP contribution in [0.15, 0.2) is 114 Å². The maximum atomic E-state index is 13.5. The van der Waals surface area contributed by atoms with Crippen molar-refractivity contribution in [1.29, 1.82) is 0 Å². The van der Waals surface area contributed by atoms with Crippen LogP contribution in [0.25, 0.3) is 11.3 Å². The Labute approximate surface area is 366 Å². The summed E-state index contributed by atoms with van der Waals surface area (Å²) in [5.74, 6) is -0.821. The molecular formula is C47H53F3N4O8S. The van der Waals surface area contributed by atoms with E-state index in [4.69, 9.17) is 18.4 Å². The summed E-state index contributed by atoms with van der Waals surface area (Å²) < 4.78 is 85.6. The smallest absolute Gasteiger partial charge is 0.379 e. The number of ether oxygens (including phenoxy) is 3. The molecule has 0 spiro atoms. The molecule has 0 bridgehead atoms. The van der Waals surface area contributed by atoms with Gasteiger partial charge in [-0.1, -0.05) is 42.0 Å². The zero-order valence-electron chi connectivity index (χ0n) is 35.6. The first-order valence-corrected chi connectivity index (χ1v) is 22.1. The van der Waals surface area contributed by atoms with Gasteiger partial charge in [0.15, 0.2) is 0 Å². The number of carbonyl (C=O) groups is 2. The minimum Gasteiger partial charge on any atom is -0.379 e. The van der Waals surface area contributed by atoms with Crippen molar-refractivity contribution in [2.75, 3.05) is 69.6 Å². The first-order valence-electron chi connectivity index (χ1n) is 20.7. The number of rotatable bonds is 24. The molecule has 0 aliphatic carbocycles. The van der Waals surface area contributed by atoms with Crippen molar-refractivity contribution in [3.05, 3.63) is 143 Å². The molecule has 336 valence electrons. The van der Waals surface area contributed by atoms with Crippen LogP contribution in [-0.4, -0.2) is 84.6 Å². The first kappa shape index (κ1) is 48.4. The summed E-state index contributed by atoms with van der Waals surface area (Å²) in [7, 11) is -3.82. The normalized spacial score (nSPS) is 11.7. The van der Waals surface area contributed by atoms with E-state index in [0.717, 1.165) is 54.9 Å². The Morgan fingerprint density at radius 1 is 0.714 bits per heavy atom. The number of alkyl halides is 3. The van der Waals surface area contributed by atoms with Crippen LogP contribution in [-0.2, 0) is 47.7 Å². The van der Waals surface area contributed by atoms with E-state index in [2.05, 4.69) is 20.5 Å². The third-order valence-corrected chi connectivity index (χ3v) is 11.2. The van der Waals surface area contributed by atoms with Gasteiger partial charge in [-0.05, 0) is 111 Å². The molecule has 16 heteroatoms. The number of halogens is 3. The predicted octanol–water partition coefficient (Wildman–Crippen LogP) is 8.49. The Kier molecular flexibility index (Phi) is 18.2. The van der Waals surface area contributed by atoms with E-state index in [1.807, 2.05) is 45.0 Å². The number of hydrogen-bond donors (Lipinski definition) is 2. The third kappa shape index (κ3) is 15.0. The molecule has 0 aliphatic rings. The lowest BCUT2D eigenvalue weighted by Crippen LogP contribution is -2.23. The number of aryl methyl sites for hydroxylation is 2. The van der Waals surface area contributed by atoms with Gasteiger partial charge < -0.3 is 29.7 Å². The fraction of sp³-hybridized carbons (Fsp3) is 0.340. The van der Waals surface area contributed by atoms with Crippen LogP contribution in [0.1, 0.15) is 63.2 Å². The molecule has 1 aromatic heterocycles. The van der Waals surface area contributed by atoms with E-state index in [1.165, 1.54) is 36.5 Å². The summed E-state index contributed by atoms with van der Waals surface area (Å²) >= 11 is 0. The number of carbonyl (C=O) groups excluding carboxylic acids is 2. The van der Waals surface area contributed by atoms with Gasteiger partial charge in [0.25, 0.3) is 21.9 Å².